The molecule has 2 aromatic rings. The van der Waals surface area contributed by atoms with Gasteiger partial charge in [0.25, 0.3) is 5.91 Å². The zero-order chi connectivity index (χ0) is 13.2. The topological polar surface area (TPSA) is 60.1 Å². The number of nitrogens with one attached hydrogen (secondary N) is 1. The van der Waals surface area contributed by atoms with Gasteiger partial charge in [-0.2, -0.15) is 0 Å². The smallest absolute Gasteiger partial charge is 0.287 e. The average Bonchev–Trinajstić information content (AvgIpc) is 3.03. The third kappa shape index (κ3) is 2.41. The molecule has 0 bridgehead atoms. The summed E-state index contributed by atoms with van der Waals surface area (Å²) in [6, 6.07) is 1.80. The van der Waals surface area contributed by atoms with Gasteiger partial charge >= 0.3 is 0 Å². The monoisotopic (exact) mass is 259 g/mol. The zero-order valence-corrected chi connectivity index (χ0v) is 10.9. The highest BCUT2D eigenvalue weighted by atomic mass is 16.3. The lowest BCUT2D eigenvalue weighted by atomic mass is 9.98. The molecule has 0 saturated carbocycles. The predicted octanol–water partition coefficient (Wildman–Crippen LogP) is 1.78. The quantitative estimate of drug-likeness (QED) is 0.914. The van der Waals surface area contributed by atoms with E-state index in [2.05, 4.69) is 14.9 Å². The minimum absolute atomic E-state index is 0.128. The van der Waals surface area contributed by atoms with E-state index in [0.717, 1.165) is 30.8 Å². The Hall–Kier alpha value is -2.04. The molecule has 1 aliphatic heterocycles. The normalized spacial score (nSPS) is 18.1. The van der Waals surface area contributed by atoms with Gasteiger partial charge in [-0.1, -0.05) is 0 Å². The number of aryl methyl sites for hydroxylation is 2. The first-order valence-corrected chi connectivity index (χ1v) is 6.56. The van der Waals surface area contributed by atoms with Crippen molar-refractivity contribution in [3.63, 3.8) is 0 Å². The minimum Gasteiger partial charge on any atom is -0.459 e. The van der Waals surface area contributed by atoms with Crippen molar-refractivity contribution in [1.82, 2.24) is 14.9 Å². The molecule has 1 atom stereocenters. The van der Waals surface area contributed by atoms with Crippen molar-refractivity contribution < 1.29 is 9.21 Å². The lowest BCUT2D eigenvalue weighted by Crippen LogP contribution is -2.33. The number of carbonyl (C=O) groups is 1. The molecule has 1 unspecified atom stereocenters. The predicted molar refractivity (Wildman–Crippen MR) is 69.8 cm³/mol. The average molecular weight is 259 g/mol. The Labute approximate surface area is 111 Å². The molecule has 5 nitrogen and oxygen atoms in total. The van der Waals surface area contributed by atoms with Crippen molar-refractivity contribution in [2.24, 2.45) is 5.92 Å². The van der Waals surface area contributed by atoms with Gasteiger partial charge in [-0.3, -0.25) is 4.79 Å². The first-order valence-electron chi connectivity index (χ1n) is 6.56. The van der Waals surface area contributed by atoms with Crippen molar-refractivity contribution in [2.45, 2.75) is 26.3 Å². The van der Waals surface area contributed by atoms with E-state index in [-0.39, 0.29) is 5.91 Å². The number of carbonyl (C=O) groups excluding carboxylic acids is 1. The van der Waals surface area contributed by atoms with E-state index in [1.165, 1.54) is 0 Å². The molecule has 0 aliphatic carbocycles. The highest BCUT2D eigenvalue weighted by molar-refractivity contribution is 5.92. The molecule has 1 amide bonds. The van der Waals surface area contributed by atoms with Crippen LogP contribution < -0.4 is 5.32 Å². The number of rotatable bonds is 3. The SMILES string of the molecule is Cc1ccoc1C(=O)NCC1CCn2ccnc2C1. The van der Waals surface area contributed by atoms with Gasteiger partial charge in [-0.05, 0) is 25.3 Å². The minimum atomic E-state index is -0.128. The molecule has 3 heterocycles. The van der Waals surface area contributed by atoms with E-state index >= 15 is 0 Å². The molecule has 2 aromatic heterocycles. The third-order valence-electron chi connectivity index (χ3n) is 3.67. The van der Waals surface area contributed by atoms with E-state index in [9.17, 15) is 4.79 Å². The van der Waals surface area contributed by atoms with Gasteiger partial charge in [0.15, 0.2) is 5.76 Å². The Kier molecular flexibility index (Phi) is 3.11. The van der Waals surface area contributed by atoms with Gasteiger partial charge in [0, 0.05) is 37.5 Å². The van der Waals surface area contributed by atoms with E-state index in [0.29, 0.717) is 18.2 Å². The maximum atomic E-state index is 11.9. The molecule has 0 aromatic carbocycles. The van der Waals surface area contributed by atoms with E-state index in [4.69, 9.17) is 4.42 Å². The summed E-state index contributed by atoms with van der Waals surface area (Å²) in [7, 11) is 0. The summed E-state index contributed by atoms with van der Waals surface area (Å²) in [5, 5.41) is 2.95. The highest BCUT2D eigenvalue weighted by Gasteiger charge is 2.20. The van der Waals surface area contributed by atoms with Crippen LogP contribution in [-0.2, 0) is 13.0 Å². The van der Waals surface area contributed by atoms with Crippen molar-refractivity contribution in [2.75, 3.05) is 6.54 Å². The van der Waals surface area contributed by atoms with Crippen molar-refractivity contribution in [3.8, 4) is 0 Å². The number of aromatic nitrogens is 2. The van der Waals surface area contributed by atoms with Gasteiger partial charge in [0.1, 0.15) is 5.82 Å². The van der Waals surface area contributed by atoms with Crippen molar-refractivity contribution in [3.05, 3.63) is 41.9 Å². The molecule has 3 rings (SSSR count). The Bertz CT molecular complexity index is 585. The molecule has 0 saturated heterocycles. The van der Waals surface area contributed by atoms with Gasteiger partial charge in [-0.25, -0.2) is 4.98 Å². The summed E-state index contributed by atoms with van der Waals surface area (Å²) >= 11 is 0. The summed E-state index contributed by atoms with van der Waals surface area (Å²) in [5.74, 6) is 1.85. The number of imidazole rings is 1. The van der Waals surface area contributed by atoms with Gasteiger partial charge in [-0.15, -0.1) is 0 Å². The van der Waals surface area contributed by atoms with Gasteiger partial charge in [0.05, 0.1) is 6.26 Å². The van der Waals surface area contributed by atoms with Crippen LogP contribution in [0.3, 0.4) is 0 Å². The molecule has 1 aliphatic rings. The summed E-state index contributed by atoms with van der Waals surface area (Å²) in [5.41, 5.74) is 0.872. The van der Waals surface area contributed by atoms with Crippen molar-refractivity contribution >= 4 is 5.91 Å². The number of hydrogen-bond donors (Lipinski definition) is 1. The van der Waals surface area contributed by atoms with Crippen LogP contribution in [0.25, 0.3) is 0 Å². The number of nitrogens with zero attached hydrogens (tertiary/aromatic N) is 2. The fourth-order valence-corrected chi connectivity index (χ4v) is 2.51. The number of fused-ring (bicyclic) bond motifs is 1. The fraction of sp³-hybridized carbons (Fsp3) is 0.429. The number of furan rings is 1. The first-order chi connectivity index (χ1) is 9.24. The Morgan fingerprint density at radius 3 is 3.32 bits per heavy atom. The van der Waals surface area contributed by atoms with Crippen LogP contribution >= 0.6 is 0 Å². The molecule has 1 N–H and O–H groups in total. The number of amides is 1. The molecular weight excluding hydrogens is 242 g/mol. The highest BCUT2D eigenvalue weighted by Crippen LogP contribution is 2.18. The molecule has 100 valence electrons. The summed E-state index contributed by atoms with van der Waals surface area (Å²) in [6.45, 7) is 3.53. The van der Waals surface area contributed by atoms with E-state index < -0.39 is 0 Å². The second-order valence-electron chi connectivity index (χ2n) is 5.04. The van der Waals surface area contributed by atoms with E-state index in [1.54, 1.807) is 12.3 Å². The molecular formula is C14H17N3O2. The maximum absolute atomic E-state index is 11.9. The Morgan fingerprint density at radius 1 is 1.63 bits per heavy atom. The van der Waals surface area contributed by atoms with Crippen LogP contribution in [0.1, 0.15) is 28.4 Å². The van der Waals surface area contributed by atoms with Gasteiger partial charge in [0.2, 0.25) is 0 Å². The summed E-state index contributed by atoms with van der Waals surface area (Å²) in [6.07, 6.45) is 7.38. The lowest BCUT2D eigenvalue weighted by molar-refractivity contribution is 0.0916. The maximum Gasteiger partial charge on any atom is 0.287 e. The molecule has 0 fully saturated rings. The lowest BCUT2D eigenvalue weighted by Gasteiger charge is -2.23. The van der Waals surface area contributed by atoms with Crippen LogP contribution in [0.4, 0.5) is 0 Å². The first kappa shape index (κ1) is 12.0. The molecule has 5 heteroatoms. The third-order valence-corrected chi connectivity index (χ3v) is 3.67. The van der Waals surface area contributed by atoms with Crippen molar-refractivity contribution in [1.29, 1.82) is 0 Å². The van der Waals surface area contributed by atoms with Gasteiger partial charge < -0.3 is 14.3 Å². The largest absolute Gasteiger partial charge is 0.459 e. The molecule has 0 spiro atoms. The Balaban J connectivity index is 1.56. The van der Waals surface area contributed by atoms with Crippen LogP contribution in [0.15, 0.2) is 29.1 Å². The standard InChI is InChI=1S/C14H17N3O2/c1-10-3-7-19-13(10)14(18)16-9-11-2-5-17-6-4-15-12(17)8-11/h3-4,6-7,11H,2,5,8-9H2,1H3,(H,16,18). The summed E-state index contributed by atoms with van der Waals surface area (Å²) < 4.78 is 7.36. The summed E-state index contributed by atoms with van der Waals surface area (Å²) in [4.78, 5) is 16.3. The second kappa shape index (κ2) is 4.91. The van der Waals surface area contributed by atoms with Crippen LogP contribution in [0.2, 0.25) is 0 Å². The van der Waals surface area contributed by atoms with Crippen LogP contribution in [0, 0.1) is 12.8 Å². The molecule has 0 radical (unpaired) electrons. The number of hydrogen-bond acceptors (Lipinski definition) is 3. The second-order valence-corrected chi connectivity index (χ2v) is 5.04. The molecule has 19 heavy (non-hydrogen) atoms. The zero-order valence-electron chi connectivity index (χ0n) is 10.9. The van der Waals surface area contributed by atoms with E-state index in [1.807, 2.05) is 19.3 Å². The van der Waals surface area contributed by atoms with Crippen LogP contribution in [0.5, 0.6) is 0 Å². The van der Waals surface area contributed by atoms with Crippen LogP contribution in [-0.4, -0.2) is 22.0 Å². The fourth-order valence-electron chi connectivity index (χ4n) is 2.51. The Morgan fingerprint density at radius 2 is 2.53 bits per heavy atom.